The first kappa shape index (κ1) is 22.4. The molecule has 2 N–H and O–H groups in total. The summed E-state index contributed by atoms with van der Waals surface area (Å²) in [5, 5.41) is 10.8. The van der Waals surface area contributed by atoms with Gasteiger partial charge in [0.15, 0.2) is 5.16 Å². The van der Waals surface area contributed by atoms with Gasteiger partial charge in [-0.1, -0.05) is 11.8 Å². The molecule has 3 aromatic rings. The van der Waals surface area contributed by atoms with Crippen LogP contribution >= 0.6 is 11.8 Å². The Morgan fingerprint density at radius 3 is 2.13 bits per heavy atom. The number of fused-ring (bicyclic) bond motifs is 1. The maximum atomic E-state index is 13.3. The molecule has 0 fully saturated rings. The third-order valence-corrected chi connectivity index (χ3v) is 4.95. The molecule has 31 heavy (non-hydrogen) atoms. The van der Waals surface area contributed by atoms with Crippen molar-refractivity contribution in [2.75, 3.05) is 5.75 Å². The van der Waals surface area contributed by atoms with Gasteiger partial charge in [-0.2, -0.15) is 26.3 Å². The Morgan fingerprint density at radius 1 is 1.06 bits per heavy atom. The molecule has 0 saturated heterocycles. The molecule has 0 aliphatic rings. The first-order valence-corrected chi connectivity index (χ1v) is 9.14. The van der Waals surface area contributed by atoms with Gasteiger partial charge in [0.05, 0.1) is 32.8 Å². The van der Waals surface area contributed by atoms with Crippen molar-refractivity contribution in [2.24, 2.45) is 5.73 Å². The van der Waals surface area contributed by atoms with E-state index in [0.717, 1.165) is 22.8 Å². The Kier molecular flexibility index (Phi) is 5.60. The third-order valence-electron chi connectivity index (χ3n) is 3.99. The maximum absolute atomic E-state index is 13.3. The molecule has 0 aliphatic heterocycles. The summed E-state index contributed by atoms with van der Waals surface area (Å²) in [4.78, 5) is 25.4. The summed E-state index contributed by atoms with van der Waals surface area (Å²) >= 11 is 0.662. The Morgan fingerprint density at radius 2 is 1.65 bits per heavy atom. The smallest absolute Gasteiger partial charge is 0.369 e. The third kappa shape index (κ3) is 4.73. The Bertz CT molecular complexity index is 1160. The summed E-state index contributed by atoms with van der Waals surface area (Å²) in [5.41, 5.74) is 0.987. The number of non-ortho nitro benzene ring substituents is 1. The van der Waals surface area contributed by atoms with Gasteiger partial charge in [0.1, 0.15) is 0 Å². The minimum absolute atomic E-state index is 0.00465. The fraction of sp³-hybridized carbons (Fsp3) is 0.176. The van der Waals surface area contributed by atoms with Crippen LogP contribution in [0.2, 0.25) is 0 Å². The van der Waals surface area contributed by atoms with E-state index in [4.69, 9.17) is 5.73 Å². The summed E-state index contributed by atoms with van der Waals surface area (Å²) in [7, 11) is 0. The van der Waals surface area contributed by atoms with Gasteiger partial charge >= 0.3 is 12.4 Å². The Hall–Kier alpha value is -3.29. The number of aromatic nitrogens is 2. The number of hydrogen-bond acceptors (Lipinski definition) is 5. The number of rotatable bonds is 5. The summed E-state index contributed by atoms with van der Waals surface area (Å²) in [6.45, 7) is 0. The minimum atomic E-state index is -5.08. The van der Waals surface area contributed by atoms with Crippen LogP contribution in [0.3, 0.4) is 0 Å². The van der Waals surface area contributed by atoms with E-state index in [-0.39, 0.29) is 33.7 Å². The molecule has 1 heterocycles. The zero-order valence-corrected chi connectivity index (χ0v) is 15.8. The molecule has 3 rings (SSSR count). The number of benzene rings is 2. The lowest BCUT2D eigenvalue weighted by Crippen LogP contribution is -2.14. The van der Waals surface area contributed by atoms with Crippen molar-refractivity contribution in [1.29, 1.82) is 0 Å². The second-order valence-corrected chi connectivity index (χ2v) is 7.12. The highest BCUT2D eigenvalue weighted by molar-refractivity contribution is 7.99. The normalized spacial score (nSPS) is 12.3. The molecule has 14 heteroatoms. The van der Waals surface area contributed by atoms with Crippen molar-refractivity contribution < 1.29 is 36.1 Å². The zero-order valence-electron chi connectivity index (χ0n) is 15.0. The van der Waals surface area contributed by atoms with Gasteiger partial charge in [0, 0.05) is 17.8 Å². The second kappa shape index (κ2) is 7.76. The number of imidazole rings is 1. The van der Waals surface area contributed by atoms with Gasteiger partial charge in [-0.15, -0.1) is 0 Å². The molecule has 0 unspecified atom stereocenters. The Labute approximate surface area is 173 Å². The van der Waals surface area contributed by atoms with Gasteiger partial charge in [-0.05, 0) is 24.3 Å². The first-order chi connectivity index (χ1) is 14.3. The molecular formula is C17H10F6N4O3S. The fourth-order valence-electron chi connectivity index (χ4n) is 2.71. The van der Waals surface area contributed by atoms with Crippen LogP contribution in [-0.2, 0) is 17.1 Å². The average Bonchev–Trinajstić information content (AvgIpc) is 3.02. The predicted molar refractivity (Wildman–Crippen MR) is 97.6 cm³/mol. The van der Waals surface area contributed by atoms with Crippen LogP contribution in [0.5, 0.6) is 0 Å². The molecule has 0 spiro atoms. The van der Waals surface area contributed by atoms with Crippen molar-refractivity contribution in [3.63, 3.8) is 0 Å². The highest BCUT2D eigenvalue weighted by Crippen LogP contribution is 2.39. The molecule has 0 bridgehead atoms. The Balaban J connectivity index is 2.32. The zero-order chi connectivity index (χ0) is 23.1. The van der Waals surface area contributed by atoms with Gasteiger partial charge in [-0.3, -0.25) is 19.5 Å². The second-order valence-electron chi connectivity index (χ2n) is 6.18. The standard InChI is InChI=1S/C17H10F6N4O3S/c18-16(19,20)8-3-9(17(21,22)23)5-11(4-8)26-13-2-1-10(27(29)30)6-12(13)25-15(26)31-7-14(24)28/h1-6H,7H2,(H2,24,28). The van der Waals surface area contributed by atoms with Gasteiger partial charge in [-0.25, -0.2) is 4.98 Å². The van der Waals surface area contributed by atoms with Crippen LogP contribution in [0, 0.1) is 10.1 Å². The molecule has 0 atom stereocenters. The summed E-state index contributed by atoms with van der Waals surface area (Å²) < 4.78 is 80.5. The number of alkyl halides is 6. The monoisotopic (exact) mass is 464 g/mol. The number of primary amides is 1. The van der Waals surface area contributed by atoms with Gasteiger partial charge in [0.2, 0.25) is 5.91 Å². The number of amides is 1. The number of nitrogens with zero attached hydrogens (tertiary/aromatic N) is 3. The number of nitro benzene ring substituents is 1. The molecule has 164 valence electrons. The lowest BCUT2D eigenvalue weighted by atomic mass is 10.1. The lowest BCUT2D eigenvalue weighted by molar-refractivity contribution is -0.384. The van der Waals surface area contributed by atoms with E-state index in [1.807, 2.05) is 0 Å². The molecular weight excluding hydrogens is 454 g/mol. The summed E-state index contributed by atoms with van der Waals surface area (Å²) in [6.07, 6.45) is -10.2. The molecule has 1 amide bonds. The van der Waals surface area contributed by atoms with Crippen LogP contribution in [0.1, 0.15) is 11.1 Å². The highest BCUT2D eigenvalue weighted by Gasteiger charge is 2.37. The molecule has 2 aromatic carbocycles. The quantitative estimate of drug-likeness (QED) is 0.258. The van der Waals surface area contributed by atoms with E-state index in [1.165, 1.54) is 0 Å². The van der Waals surface area contributed by atoms with Gasteiger partial charge in [0.25, 0.3) is 5.69 Å². The van der Waals surface area contributed by atoms with E-state index < -0.39 is 40.0 Å². The number of hydrogen-bond donors (Lipinski definition) is 1. The number of nitrogens with two attached hydrogens (primary N) is 1. The fourth-order valence-corrected chi connectivity index (χ4v) is 3.48. The highest BCUT2D eigenvalue weighted by atomic mass is 32.2. The van der Waals surface area contributed by atoms with Crippen molar-refractivity contribution >= 4 is 34.4 Å². The van der Waals surface area contributed by atoms with Crippen molar-refractivity contribution in [1.82, 2.24) is 9.55 Å². The van der Waals surface area contributed by atoms with Crippen molar-refractivity contribution in [3.05, 3.63) is 57.6 Å². The lowest BCUT2D eigenvalue weighted by Gasteiger charge is -2.16. The average molecular weight is 464 g/mol. The molecule has 0 saturated carbocycles. The minimum Gasteiger partial charge on any atom is -0.369 e. The number of nitro groups is 1. The molecule has 0 radical (unpaired) electrons. The van der Waals surface area contributed by atoms with Crippen LogP contribution < -0.4 is 5.73 Å². The summed E-state index contributed by atoms with van der Waals surface area (Å²) in [5.74, 6) is -1.19. The number of thioether (sulfide) groups is 1. The largest absolute Gasteiger partial charge is 0.416 e. The first-order valence-electron chi connectivity index (χ1n) is 8.15. The van der Waals surface area contributed by atoms with Crippen molar-refractivity contribution in [3.8, 4) is 5.69 Å². The van der Waals surface area contributed by atoms with E-state index in [9.17, 15) is 41.3 Å². The maximum Gasteiger partial charge on any atom is 0.416 e. The van der Waals surface area contributed by atoms with Crippen LogP contribution in [0.4, 0.5) is 32.0 Å². The van der Waals surface area contributed by atoms with E-state index in [0.29, 0.717) is 23.9 Å². The van der Waals surface area contributed by atoms with E-state index in [2.05, 4.69) is 4.98 Å². The number of halogens is 6. The molecule has 0 aliphatic carbocycles. The SMILES string of the molecule is NC(=O)CSc1nc2cc([N+](=O)[O-])ccc2n1-c1cc(C(F)(F)F)cc(C(F)(F)F)c1. The topological polar surface area (TPSA) is 104 Å². The van der Waals surface area contributed by atoms with Crippen molar-refractivity contribution in [2.45, 2.75) is 17.5 Å². The summed E-state index contributed by atoms with van der Waals surface area (Å²) in [6, 6.07) is 4.14. The van der Waals surface area contributed by atoms with Crippen LogP contribution in [0.15, 0.2) is 41.6 Å². The van der Waals surface area contributed by atoms with E-state index >= 15 is 0 Å². The number of carbonyl (C=O) groups is 1. The number of carbonyl (C=O) groups excluding carboxylic acids is 1. The van der Waals surface area contributed by atoms with Crippen LogP contribution in [0.25, 0.3) is 16.7 Å². The van der Waals surface area contributed by atoms with Crippen LogP contribution in [-0.4, -0.2) is 26.1 Å². The van der Waals surface area contributed by atoms with Gasteiger partial charge < -0.3 is 5.73 Å². The molecule has 1 aromatic heterocycles. The van der Waals surface area contributed by atoms with E-state index in [1.54, 1.807) is 0 Å². The molecule has 7 nitrogen and oxygen atoms in total. The predicted octanol–water partition coefficient (Wildman–Crippen LogP) is 4.55.